The molecule has 0 spiro atoms. The van der Waals surface area contributed by atoms with Crippen LogP contribution in [0.5, 0.6) is 0 Å². The fourth-order valence-corrected chi connectivity index (χ4v) is 2.58. The molecule has 1 rings (SSSR count). The highest BCUT2D eigenvalue weighted by molar-refractivity contribution is 7.90. The molecule has 0 bridgehead atoms. The molecule has 18 heavy (non-hydrogen) atoms. The van der Waals surface area contributed by atoms with Crippen LogP contribution in [0.1, 0.15) is 17.3 Å². The smallest absolute Gasteiger partial charge is 0.251 e. The van der Waals surface area contributed by atoms with Gasteiger partial charge in [-0.15, -0.1) is 0 Å². The van der Waals surface area contributed by atoms with Crippen molar-refractivity contribution in [2.24, 2.45) is 0 Å². The average molecular weight is 292 g/mol. The van der Waals surface area contributed by atoms with Crippen molar-refractivity contribution in [1.29, 1.82) is 0 Å². The van der Waals surface area contributed by atoms with Gasteiger partial charge in [-0.25, -0.2) is 8.42 Å². The average Bonchev–Trinajstić information content (AvgIpc) is 2.27. The minimum Gasteiger partial charge on any atom is -0.394 e. The third-order valence-corrected chi connectivity index (χ3v) is 3.82. The highest BCUT2D eigenvalue weighted by Crippen LogP contribution is 2.22. The van der Waals surface area contributed by atoms with Gasteiger partial charge in [-0.1, -0.05) is 11.6 Å². The molecule has 0 unspecified atom stereocenters. The van der Waals surface area contributed by atoms with Crippen molar-refractivity contribution in [3.05, 3.63) is 28.8 Å². The number of carbonyl (C=O) groups excluding carboxylic acids is 1. The van der Waals surface area contributed by atoms with Crippen LogP contribution in [-0.4, -0.2) is 38.3 Å². The summed E-state index contributed by atoms with van der Waals surface area (Å²) >= 11 is 5.77. The molecule has 0 aliphatic heterocycles. The molecular formula is C11H14ClNO4S. The van der Waals surface area contributed by atoms with E-state index in [2.05, 4.69) is 5.32 Å². The Labute approximate surface area is 111 Å². The van der Waals surface area contributed by atoms with E-state index in [-0.39, 0.29) is 22.1 Å². The van der Waals surface area contributed by atoms with Gasteiger partial charge in [0.2, 0.25) is 0 Å². The number of amides is 1. The summed E-state index contributed by atoms with van der Waals surface area (Å²) in [5.41, 5.74) is 0.181. The van der Waals surface area contributed by atoms with Crippen molar-refractivity contribution in [2.45, 2.75) is 17.9 Å². The monoisotopic (exact) mass is 291 g/mol. The largest absolute Gasteiger partial charge is 0.394 e. The summed E-state index contributed by atoms with van der Waals surface area (Å²) in [5, 5.41) is 11.4. The van der Waals surface area contributed by atoms with Gasteiger partial charge in [0.25, 0.3) is 5.91 Å². The summed E-state index contributed by atoms with van der Waals surface area (Å²) in [6, 6.07) is 3.60. The molecule has 7 heteroatoms. The quantitative estimate of drug-likeness (QED) is 0.861. The molecule has 100 valence electrons. The van der Waals surface area contributed by atoms with Crippen molar-refractivity contribution < 1.29 is 18.3 Å². The Hall–Kier alpha value is -1.11. The molecule has 5 nitrogen and oxygen atoms in total. The third kappa shape index (κ3) is 3.69. The maximum Gasteiger partial charge on any atom is 0.251 e. The van der Waals surface area contributed by atoms with Crippen LogP contribution in [0.15, 0.2) is 23.1 Å². The van der Waals surface area contributed by atoms with Crippen molar-refractivity contribution in [1.82, 2.24) is 5.32 Å². The standard InChI is InChI=1S/C11H14ClNO4S/c1-7(6-14)13-11(15)8-3-4-9(12)10(5-8)18(2,16)17/h3-5,7,14H,6H2,1-2H3,(H,13,15)/t7-/m0/s1. The SMILES string of the molecule is C[C@@H](CO)NC(=O)c1ccc(Cl)c(S(C)(=O)=O)c1. The highest BCUT2D eigenvalue weighted by atomic mass is 35.5. The lowest BCUT2D eigenvalue weighted by atomic mass is 10.2. The lowest BCUT2D eigenvalue weighted by Crippen LogP contribution is -2.35. The first kappa shape index (κ1) is 14.9. The molecule has 0 saturated heterocycles. The summed E-state index contributed by atoms with van der Waals surface area (Å²) in [6.45, 7) is 1.43. The van der Waals surface area contributed by atoms with Gasteiger partial charge in [0.05, 0.1) is 16.5 Å². The summed E-state index contributed by atoms with van der Waals surface area (Å²) in [5.74, 6) is -0.460. The van der Waals surface area contributed by atoms with Crippen molar-refractivity contribution in [3.63, 3.8) is 0 Å². The number of halogens is 1. The molecule has 2 N–H and O–H groups in total. The molecule has 0 heterocycles. The number of nitrogens with one attached hydrogen (secondary N) is 1. The van der Waals surface area contributed by atoms with Crippen LogP contribution >= 0.6 is 11.6 Å². The number of hydrogen-bond acceptors (Lipinski definition) is 4. The van der Waals surface area contributed by atoms with E-state index in [9.17, 15) is 13.2 Å². The van der Waals surface area contributed by atoms with Crippen molar-refractivity contribution in [2.75, 3.05) is 12.9 Å². The molecule has 0 aliphatic carbocycles. The van der Waals surface area contributed by atoms with Crippen LogP contribution < -0.4 is 5.32 Å². The fourth-order valence-electron chi connectivity index (χ4n) is 1.28. The Morgan fingerprint density at radius 3 is 2.61 bits per heavy atom. The molecule has 0 fully saturated rings. The molecule has 0 saturated carbocycles. The Kier molecular flexibility index (Phi) is 4.72. The minimum atomic E-state index is -3.48. The first-order valence-corrected chi connectivity index (χ1v) is 7.44. The van der Waals surface area contributed by atoms with Gasteiger partial charge in [-0.2, -0.15) is 0 Å². The first-order chi connectivity index (χ1) is 8.25. The molecule has 0 aliphatic rings. The van der Waals surface area contributed by atoms with E-state index >= 15 is 0 Å². The Bertz CT molecular complexity index is 556. The molecule has 0 radical (unpaired) electrons. The second kappa shape index (κ2) is 5.69. The zero-order valence-corrected chi connectivity index (χ0v) is 11.5. The lowest BCUT2D eigenvalue weighted by molar-refractivity contribution is 0.0922. The number of sulfone groups is 1. The lowest BCUT2D eigenvalue weighted by Gasteiger charge is -2.11. The van der Waals surface area contributed by atoms with Crippen molar-refractivity contribution >= 4 is 27.3 Å². The second-order valence-corrected chi connectivity index (χ2v) is 6.37. The van der Waals surface area contributed by atoms with Gasteiger partial charge >= 0.3 is 0 Å². The first-order valence-electron chi connectivity index (χ1n) is 5.17. The number of aliphatic hydroxyl groups excluding tert-OH is 1. The van der Waals surface area contributed by atoms with Gasteiger partial charge in [-0.3, -0.25) is 4.79 Å². The third-order valence-electron chi connectivity index (χ3n) is 2.24. The predicted molar refractivity (Wildman–Crippen MR) is 68.6 cm³/mol. The van der Waals surface area contributed by atoms with Gasteiger partial charge in [0.15, 0.2) is 9.84 Å². The minimum absolute atomic E-state index is 0.0734. The zero-order valence-electron chi connectivity index (χ0n) is 9.97. The molecule has 1 aromatic rings. The number of benzene rings is 1. The molecule has 1 aromatic carbocycles. The Morgan fingerprint density at radius 1 is 1.50 bits per heavy atom. The van der Waals surface area contributed by atoms with Gasteiger partial charge in [0.1, 0.15) is 0 Å². The number of carbonyl (C=O) groups is 1. The molecule has 0 aromatic heterocycles. The Morgan fingerprint density at radius 2 is 2.11 bits per heavy atom. The van der Waals surface area contributed by atoms with Gasteiger partial charge in [0, 0.05) is 17.9 Å². The maximum absolute atomic E-state index is 11.7. The summed E-state index contributed by atoms with van der Waals surface area (Å²) < 4.78 is 22.9. The topological polar surface area (TPSA) is 83.5 Å². The number of aliphatic hydroxyl groups is 1. The Balaban J connectivity index is 3.10. The van der Waals surface area contributed by atoms with Crippen LogP contribution in [0.25, 0.3) is 0 Å². The number of rotatable bonds is 4. The normalized spacial score (nSPS) is 13.1. The van der Waals surface area contributed by atoms with Crippen LogP contribution in [0.3, 0.4) is 0 Å². The molecular weight excluding hydrogens is 278 g/mol. The van der Waals surface area contributed by atoms with E-state index in [4.69, 9.17) is 16.7 Å². The van der Waals surface area contributed by atoms with E-state index in [0.29, 0.717) is 0 Å². The van der Waals surface area contributed by atoms with Crippen LogP contribution in [0.4, 0.5) is 0 Å². The van der Waals surface area contributed by atoms with E-state index in [1.165, 1.54) is 18.2 Å². The fraction of sp³-hybridized carbons (Fsp3) is 0.364. The van der Waals surface area contributed by atoms with Crippen LogP contribution in [0, 0.1) is 0 Å². The van der Waals surface area contributed by atoms with Gasteiger partial charge in [-0.05, 0) is 25.1 Å². The maximum atomic E-state index is 11.7. The van der Waals surface area contributed by atoms with Crippen molar-refractivity contribution in [3.8, 4) is 0 Å². The van der Waals surface area contributed by atoms with E-state index in [1.54, 1.807) is 6.92 Å². The van der Waals surface area contributed by atoms with Crippen LogP contribution in [0.2, 0.25) is 5.02 Å². The second-order valence-electron chi connectivity index (χ2n) is 3.97. The van der Waals surface area contributed by atoms with E-state index < -0.39 is 21.8 Å². The highest BCUT2D eigenvalue weighted by Gasteiger charge is 2.16. The van der Waals surface area contributed by atoms with E-state index in [0.717, 1.165) is 6.26 Å². The van der Waals surface area contributed by atoms with Crippen LogP contribution in [-0.2, 0) is 9.84 Å². The molecule has 1 atom stereocenters. The van der Waals surface area contributed by atoms with Gasteiger partial charge < -0.3 is 10.4 Å². The summed E-state index contributed by atoms with van der Waals surface area (Å²) in [4.78, 5) is 11.7. The zero-order chi connectivity index (χ0) is 13.9. The summed E-state index contributed by atoms with van der Waals surface area (Å²) in [6.07, 6.45) is 1.02. The predicted octanol–water partition coefficient (Wildman–Crippen LogP) is 0.854. The van der Waals surface area contributed by atoms with E-state index in [1.807, 2.05) is 0 Å². The summed E-state index contributed by atoms with van der Waals surface area (Å²) in [7, 11) is -3.48. The molecule has 1 amide bonds. The number of hydrogen-bond donors (Lipinski definition) is 2.